The summed E-state index contributed by atoms with van der Waals surface area (Å²) in [6, 6.07) is 15.1. The molecular weight excluding hydrogens is 618 g/mol. The van der Waals surface area contributed by atoms with E-state index in [1.54, 1.807) is 30.2 Å². The summed E-state index contributed by atoms with van der Waals surface area (Å²) in [5, 5.41) is 26.3. The van der Waals surface area contributed by atoms with Crippen LogP contribution in [0.25, 0.3) is 6.08 Å². The van der Waals surface area contributed by atoms with E-state index in [0.717, 1.165) is 33.4 Å². The number of benzene rings is 2. The fourth-order valence-electron chi connectivity index (χ4n) is 8.41. The zero-order chi connectivity index (χ0) is 29.2. The Labute approximate surface area is 256 Å². The van der Waals surface area contributed by atoms with Crippen LogP contribution in [0, 0.1) is 10.1 Å². The number of ether oxygens (including phenoxy) is 1. The lowest BCUT2D eigenvalue weighted by Crippen LogP contribution is -2.80. The molecule has 1 spiro atoms. The Morgan fingerprint density at radius 1 is 1.29 bits per heavy atom. The zero-order valence-corrected chi connectivity index (χ0v) is 25.6. The van der Waals surface area contributed by atoms with E-state index < -0.39 is 17.1 Å². The maximum Gasteiger partial charge on any atom is 0.251 e. The fourth-order valence-corrected chi connectivity index (χ4v) is 9.75. The highest BCUT2D eigenvalue weighted by Crippen LogP contribution is 2.66. The summed E-state index contributed by atoms with van der Waals surface area (Å²) in [5.41, 5.74) is 0.803. The zero-order valence-electron chi connectivity index (χ0n) is 23.2. The third-order valence-electron chi connectivity index (χ3n) is 10.2. The molecule has 2 aliphatic carbocycles. The number of hydrogen-bond acceptors (Lipinski definition) is 7. The molecule has 1 saturated carbocycles. The molecule has 3 aromatic rings. The van der Waals surface area contributed by atoms with E-state index in [1.807, 2.05) is 35.7 Å². The van der Waals surface area contributed by atoms with Crippen molar-refractivity contribution in [3.8, 4) is 11.5 Å². The first kappa shape index (κ1) is 27.6. The van der Waals surface area contributed by atoms with Crippen LogP contribution in [-0.4, -0.2) is 69.6 Å². The minimum Gasteiger partial charge on any atom is -0.504 e. The van der Waals surface area contributed by atoms with Crippen LogP contribution in [0.4, 0.5) is 0 Å². The van der Waals surface area contributed by atoms with Crippen molar-refractivity contribution < 1.29 is 19.6 Å². The lowest BCUT2D eigenvalue weighted by Gasteiger charge is -2.61. The van der Waals surface area contributed by atoms with Crippen LogP contribution in [0.1, 0.15) is 40.8 Å². The summed E-state index contributed by atoms with van der Waals surface area (Å²) in [6.45, 7) is 1.43. The second kappa shape index (κ2) is 10.2. The van der Waals surface area contributed by atoms with Gasteiger partial charge in [0.1, 0.15) is 11.5 Å². The van der Waals surface area contributed by atoms with Crippen molar-refractivity contribution in [1.29, 1.82) is 0 Å². The molecule has 1 amide bonds. The molecule has 2 bridgehead atoms. The molecule has 1 saturated heterocycles. The molecule has 0 radical (unpaired) electrons. The lowest BCUT2D eigenvalue weighted by molar-refractivity contribution is -0.606. The molecule has 42 heavy (non-hydrogen) atoms. The predicted octanol–water partition coefficient (Wildman–Crippen LogP) is 5.44. The first-order valence-electron chi connectivity index (χ1n) is 14.4. The molecule has 218 valence electrons. The van der Waals surface area contributed by atoms with Gasteiger partial charge in [-0.15, -0.1) is 11.3 Å². The summed E-state index contributed by atoms with van der Waals surface area (Å²) in [5.74, 6) is 0.202. The Hall–Kier alpha value is -3.21. The number of hydrogen-bond donors (Lipinski definition) is 1. The number of amides is 1. The van der Waals surface area contributed by atoms with Crippen LogP contribution in [0.15, 0.2) is 64.5 Å². The number of rotatable bonds is 7. The highest BCUT2D eigenvalue weighted by atomic mass is 79.9. The van der Waals surface area contributed by atoms with Crippen LogP contribution < -0.4 is 4.74 Å². The van der Waals surface area contributed by atoms with Gasteiger partial charge in [-0.3, -0.25) is 19.8 Å². The number of piperidine rings is 1. The number of phenols is 1. The molecule has 5 atom stereocenters. The van der Waals surface area contributed by atoms with Crippen LogP contribution >= 0.6 is 27.3 Å². The second-order valence-corrected chi connectivity index (χ2v) is 13.8. The first-order chi connectivity index (χ1) is 20.3. The number of phenolic OH excluding ortho intramolecular Hbond substituents is 1. The van der Waals surface area contributed by atoms with E-state index >= 15 is 0 Å². The van der Waals surface area contributed by atoms with Gasteiger partial charge in [0.05, 0.1) is 12.1 Å². The quantitative estimate of drug-likeness (QED) is 0.208. The predicted molar refractivity (Wildman–Crippen MR) is 165 cm³/mol. The molecular formula is C32H32BrN3O5S. The number of carbonyl (C=O) groups excluding carboxylic acids is 1. The molecule has 1 aromatic heterocycles. The molecule has 10 heteroatoms. The first-order valence-corrected chi connectivity index (χ1v) is 16.1. The highest BCUT2D eigenvalue weighted by Gasteiger charge is 2.80. The van der Waals surface area contributed by atoms with Crippen LogP contribution in [0.5, 0.6) is 11.5 Å². The monoisotopic (exact) mass is 649 g/mol. The van der Waals surface area contributed by atoms with E-state index in [0.29, 0.717) is 38.0 Å². The van der Waals surface area contributed by atoms with Crippen LogP contribution in [-0.2, 0) is 23.1 Å². The van der Waals surface area contributed by atoms with Gasteiger partial charge in [0.25, 0.3) is 5.54 Å². The topological polar surface area (TPSA) is 96.2 Å². The summed E-state index contributed by atoms with van der Waals surface area (Å²) in [6.07, 6.45) is 5.40. The minimum absolute atomic E-state index is 0.00984. The van der Waals surface area contributed by atoms with Gasteiger partial charge < -0.3 is 14.7 Å². The van der Waals surface area contributed by atoms with Gasteiger partial charge in [-0.25, -0.2) is 0 Å². The molecule has 2 aromatic carbocycles. The van der Waals surface area contributed by atoms with Gasteiger partial charge in [0.15, 0.2) is 11.5 Å². The maximum absolute atomic E-state index is 13.5. The average molecular weight is 651 g/mol. The van der Waals surface area contributed by atoms with Crippen molar-refractivity contribution in [2.24, 2.45) is 0 Å². The van der Waals surface area contributed by atoms with Gasteiger partial charge in [-0.2, -0.15) is 0 Å². The third kappa shape index (κ3) is 3.91. The Morgan fingerprint density at radius 2 is 2.10 bits per heavy atom. The van der Waals surface area contributed by atoms with Gasteiger partial charge >= 0.3 is 0 Å². The number of aromatic hydroxyl groups is 1. The van der Waals surface area contributed by atoms with Gasteiger partial charge in [-0.05, 0) is 77.5 Å². The SMILES string of the molecule is CN(C(=O)/C=C/c1cc(Br)cs1)[C@@H]1CC[C@@]2([N+](=O)[O-])[C@H]3Cc4ccc(O)c5c4[C@@]2(CCN3CCc2ccccc2)[C@H]1O5. The molecule has 7 rings (SSSR count). The van der Waals surface area contributed by atoms with E-state index in [4.69, 9.17) is 4.74 Å². The number of likely N-dealkylation sites (N-methyl/N-ethyl adjacent to an activating group) is 1. The van der Waals surface area contributed by atoms with E-state index in [-0.39, 0.29) is 28.7 Å². The maximum atomic E-state index is 13.5. The number of nitrogens with zero attached hydrogens (tertiary/aromatic N) is 3. The second-order valence-electron chi connectivity index (χ2n) is 11.9. The minimum atomic E-state index is -1.28. The molecule has 2 aliphatic heterocycles. The third-order valence-corrected chi connectivity index (χ3v) is 11.9. The van der Waals surface area contributed by atoms with Crippen molar-refractivity contribution in [2.75, 3.05) is 20.1 Å². The van der Waals surface area contributed by atoms with Crippen molar-refractivity contribution in [2.45, 2.75) is 61.2 Å². The van der Waals surface area contributed by atoms with E-state index in [2.05, 4.69) is 33.0 Å². The largest absolute Gasteiger partial charge is 0.504 e. The fraction of sp³-hybridized carbons (Fsp3) is 0.406. The average Bonchev–Trinajstić information content (AvgIpc) is 3.57. The van der Waals surface area contributed by atoms with Crippen LogP contribution in [0.2, 0.25) is 0 Å². The van der Waals surface area contributed by atoms with E-state index in [9.17, 15) is 20.0 Å². The Bertz CT molecular complexity index is 1590. The lowest BCUT2D eigenvalue weighted by atomic mass is 9.46. The molecule has 4 aliphatic rings. The number of halogens is 1. The number of thiophene rings is 1. The molecule has 8 nitrogen and oxygen atoms in total. The van der Waals surface area contributed by atoms with Crippen LogP contribution in [0.3, 0.4) is 0 Å². The summed E-state index contributed by atoms with van der Waals surface area (Å²) in [4.78, 5) is 31.8. The molecule has 3 heterocycles. The highest BCUT2D eigenvalue weighted by molar-refractivity contribution is 9.10. The van der Waals surface area contributed by atoms with Crippen molar-refractivity contribution in [3.05, 3.63) is 96.1 Å². The van der Waals surface area contributed by atoms with Gasteiger partial charge in [-0.1, -0.05) is 36.4 Å². The normalized spacial score (nSPS) is 29.2. The van der Waals surface area contributed by atoms with Crippen molar-refractivity contribution in [1.82, 2.24) is 9.80 Å². The molecule has 0 unspecified atom stereocenters. The number of likely N-dealkylation sites (tertiary alicyclic amines) is 1. The van der Waals surface area contributed by atoms with Crippen molar-refractivity contribution >= 4 is 39.2 Å². The molecule has 1 N–H and O–H groups in total. The standard InChI is InChI=1S/C32H32BrN3O5S/c1-34(27(38)10-8-23-18-22(33)19-42-23)24-11-13-32(36(39)40)26-17-21-7-9-25(37)29-28(21)31(32,30(24)41-29)14-16-35(26)15-12-20-5-3-2-4-6-20/h2-10,18-19,24,26,30,37H,11-17H2,1H3/b10-8+/t24-,26-,30+,31+,32-/m1/s1. The van der Waals surface area contributed by atoms with E-state index in [1.165, 1.54) is 16.9 Å². The Kier molecular flexibility index (Phi) is 6.71. The van der Waals surface area contributed by atoms with Gasteiger partial charge in [0.2, 0.25) is 5.91 Å². The molecule has 2 fully saturated rings. The van der Waals surface area contributed by atoms with Gasteiger partial charge in [0, 0.05) is 51.3 Å². The van der Waals surface area contributed by atoms with Crippen molar-refractivity contribution in [3.63, 3.8) is 0 Å². The summed E-state index contributed by atoms with van der Waals surface area (Å²) >= 11 is 4.99. The Balaban J connectivity index is 1.27. The number of carbonyl (C=O) groups is 1. The Morgan fingerprint density at radius 3 is 2.83 bits per heavy atom. The number of nitro groups is 1. The smallest absolute Gasteiger partial charge is 0.251 e. The summed E-state index contributed by atoms with van der Waals surface area (Å²) < 4.78 is 7.57. The summed E-state index contributed by atoms with van der Waals surface area (Å²) in [7, 11) is 1.76.